The second-order valence-corrected chi connectivity index (χ2v) is 3.54. The molecule has 1 aromatic rings. The fraction of sp³-hybridized carbons (Fsp3) is 0.462. The van der Waals surface area contributed by atoms with Crippen LogP contribution >= 0.6 is 0 Å². The second kappa shape index (κ2) is 7.01. The van der Waals surface area contributed by atoms with Crippen LogP contribution in [0.3, 0.4) is 0 Å². The van der Waals surface area contributed by atoms with Crippen molar-refractivity contribution in [3.05, 3.63) is 35.9 Å². The molecule has 0 unspecified atom stereocenters. The highest BCUT2D eigenvalue weighted by molar-refractivity contribution is 5.77. The largest absolute Gasteiger partial charge is 0.367 e. The molecule has 0 saturated heterocycles. The molecule has 16 heavy (non-hydrogen) atoms. The van der Waals surface area contributed by atoms with Crippen molar-refractivity contribution in [1.82, 2.24) is 4.90 Å². The zero-order valence-corrected chi connectivity index (χ0v) is 9.98. The molecule has 0 aliphatic heterocycles. The number of hydrogen-bond acceptors (Lipinski definition) is 2. The standard InChI is InChI=1S/C13H19NO2/c1-3-14(4-2)13(15)11-16-10-12-8-6-5-7-9-12/h5-9H,3-4,10-11H2,1-2H3. The minimum Gasteiger partial charge on any atom is -0.367 e. The van der Waals surface area contributed by atoms with Crippen LogP contribution in [0.4, 0.5) is 0 Å². The van der Waals surface area contributed by atoms with Gasteiger partial charge in [0.2, 0.25) is 5.91 Å². The van der Waals surface area contributed by atoms with Gasteiger partial charge in [0.1, 0.15) is 6.61 Å². The van der Waals surface area contributed by atoms with Crippen LogP contribution in [-0.4, -0.2) is 30.5 Å². The van der Waals surface area contributed by atoms with Crippen molar-refractivity contribution < 1.29 is 9.53 Å². The van der Waals surface area contributed by atoms with E-state index in [0.717, 1.165) is 18.7 Å². The summed E-state index contributed by atoms with van der Waals surface area (Å²) in [6.45, 7) is 6.08. The molecule has 0 aliphatic rings. The first kappa shape index (κ1) is 12.7. The van der Waals surface area contributed by atoms with Crippen LogP contribution in [0.2, 0.25) is 0 Å². The molecule has 88 valence electrons. The number of carbonyl (C=O) groups excluding carboxylic acids is 1. The van der Waals surface area contributed by atoms with Crippen molar-refractivity contribution in [2.24, 2.45) is 0 Å². The smallest absolute Gasteiger partial charge is 0.248 e. The van der Waals surface area contributed by atoms with E-state index < -0.39 is 0 Å². The van der Waals surface area contributed by atoms with Crippen LogP contribution in [-0.2, 0) is 16.1 Å². The molecule has 0 spiro atoms. The molecule has 0 heterocycles. The average molecular weight is 221 g/mol. The number of ether oxygens (including phenoxy) is 1. The van der Waals surface area contributed by atoms with Crippen molar-refractivity contribution in [3.8, 4) is 0 Å². The summed E-state index contributed by atoms with van der Waals surface area (Å²) in [4.78, 5) is 13.4. The Labute approximate surface area is 97.0 Å². The van der Waals surface area contributed by atoms with E-state index in [-0.39, 0.29) is 12.5 Å². The van der Waals surface area contributed by atoms with Gasteiger partial charge < -0.3 is 9.64 Å². The van der Waals surface area contributed by atoms with Crippen molar-refractivity contribution in [2.75, 3.05) is 19.7 Å². The zero-order valence-electron chi connectivity index (χ0n) is 9.98. The molecule has 0 aromatic heterocycles. The lowest BCUT2D eigenvalue weighted by atomic mass is 10.2. The van der Waals surface area contributed by atoms with E-state index in [2.05, 4.69) is 0 Å². The van der Waals surface area contributed by atoms with Crippen LogP contribution < -0.4 is 0 Å². The van der Waals surface area contributed by atoms with E-state index in [1.165, 1.54) is 0 Å². The number of carbonyl (C=O) groups is 1. The number of amides is 1. The van der Waals surface area contributed by atoms with E-state index in [1.807, 2.05) is 44.2 Å². The summed E-state index contributed by atoms with van der Waals surface area (Å²) >= 11 is 0. The summed E-state index contributed by atoms with van der Waals surface area (Å²) in [7, 11) is 0. The Balaban J connectivity index is 2.28. The molecule has 1 aromatic carbocycles. The Morgan fingerprint density at radius 1 is 1.19 bits per heavy atom. The first-order valence-electron chi connectivity index (χ1n) is 5.67. The Bertz CT molecular complexity index is 307. The van der Waals surface area contributed by atoms with E-state index >= 15 is 0 Å². The van der Waals surface area contributed by atoms with E-state index in [1.54, 1.807) is 4.90 Å². The van der Waals surface area contributed by atoms with Gasteiger partial charge in [-0.1, -0.05) is 30.3 Å². The van der Waals surface area contributed by atoms with Crippen molar-refractivity contribution in [1.29, 1.82) is 0 Å². The summed E-state index contributed by atoms with van der Waals surface area (Å²) in [6.07, 6.45) is 0. The van der Waals surface area contributed by atoms with Crippen molar-refractivity contribution in [3.63, 3.8) is 0 Å². The Hall–Kier alpha value is -1.35. The predicted octanol–water partition coefficient (Wildman–Crippen LogP) is 2.07. The predicted molar refractivity (Wildman–Crippen MR) is 64.0 cm³/mol. The summed E-state index contributed by atoms with van der Waals surface area (Å²) in [6, 6.07) is 9.87. The average Bonchev–Trinajstić information content (AvgIpc) is 2.32. The van der Waals surface area contributed by atoms with Crippen LogP contribution in [0.25, 0.3) is 0 Å². The number of rotatable bonds is 6. The van der Waals surface area contributed by atoms with Gasteiger partial charge in [-0.25, -0.2) is 0 Å². The normalized spacial score (nSPS) is 10.1. The highest BCUT2D eigenvalue weighted by Crippen LogP contribution is 2.00. The highest BCUT2D eigenvalue weighted by Gasteiger charge is 2.08. The molecule has 1 amide bonds. The minimum absolute atomic E-state index is 0.0564. The van der Waals surface area contributed by atoms with Gasteiger partial charge in [-0.3, -0.25) is 4.79 Å². The molecule has 0 atom stereocenters. The summed E-state index contributed by atoms with van der Waals surface area (Å²) in [5, 5.41) is 0. The molecule has 0 radical (unpaired) electrons. The topological polar surface area (TPSA) is 29.5 Å². The van der Waals surface area contributed by atoms with Crippen LogP contribution in [0.5, 0.6) is 0 Å². The van der Waals surface area contributed by atoms with Gasteiger partial charge in [0.05, 0.1) is 6.61 Å². The maximum Gasteiger partial charge on any atom is 0.248 e. The first-order chi connectivity index (χ1) is 7.77. The number of hydrogen-bond donors (Lipinski definition) is 0. The monoisotopic (exact) mass is 221 g/mol. The SMILES string of the molecule is CCN(CC)C(=O)COCc1ccccc1. The highest BCUT2D eigenvalue weighted by atomic mass is 16.5. The minimum atomic E-state index is 0.0564. The third-order valence-electron chi connectivity index (χ3n) is 2.45. The quantitative estimate of drug-likeness (QED) is 0.736. The van der Waals surface area contributed by atoms with Gasteiger partial charge in [0.25, 0.3) is 0 Å². The second-order valence-electron chi connectivity index (χ2n) is 3.54. The molecule has 3 heteroatoms. The molecule has 0 bridgehead atoms. The van der Waals surface area contributed by atoms with Crippen molar-refractivity contribution in [2.45, 2.75) is 20.5 Å². The summed E-state index contributed by atoms with van der Waals surface area (Å²) < 4.78 is 5.37. The molecule has 0 fully saturated rings. The van der Waals surface area contributed by atoms with E-state index in [4.69, 9.17) is 4.74 Å². The zero-order chi connectivity index (χ0) is 11.8. The van der Waals surface area contributed by atoms with Crippen molar-refractivity contribution >= 4 is 5.91 Å². The Morgan fingerprint density at radius 2 is 1.81 bits per heavy atom. The molecular formula is C13H19NO2. The fourth-order valence-electron chi connectivity index (χ4n) is 1.50. The maximum atomic E-state index is 11.6. The molecular weight excluding hydrogens is 202 g/mol. The lowest BCUT2D eigenvalue weighted by molar-refractivity contribution is -0.136. The molecule has 3 nitrogen and oxygen atoms in total. The third kappa shape index (κ3) is 4.03. The molecule has 0 saturated carbocycles. The van der Waals surface area contributed by atoms with Crippen LogP contribution in [0.1, 0.15) is 19.4 Å². The molecule has 0 N–H and O–H groups in total. The first-order valence-corrected chi connectivity index (χ1v) is 5.67. The van der Waals surface area contributed by atoms with Gasteiger partial charge in [-0.15, -0.1) is 0 Å². The van der Waals surface area contributed by atoms with E-state index in [0.29, 0.717) is 6.61 Å². The molecule has 0 aliphatic carbocycles. The number of nitrogens with zero attached hydrogens (tertiary/aromatic N) is 1. The summed E-state index contributed by atoms with van der Waals surface area (Å²) in [5.41, 5.74) is 1.09. The number of benzene rings is 1. The summed E-state index contributed by atoms with van der Waals surface area (Å²) in [5.74, 6) is 0.0564. The molecule has 1 rings (SSSR count). The third-order valence-corrected chi connectivity index (χ3v) is 2.45. The van der Waals surface area contributed by atoms with Gasteiger partial charge >= 0.3 is 0 Å². The lowest BCUT2D eigenvalue weighted by Gasteiger charge is -2.18. The maximum absolute atomic E-state index is 11.6. The lowest BCUT2D eigenvalue weighted by Crippen LogP contribution is -2.33. The Kier molecular flexibility index (Phi) is 5.57. The van der Waals surface area contributed by atoms with Gasteiger partial charge in [0.15, 0.2) is 0 Å². The van der Waals surface area contributed by atoms with Gasteiger partial charge in [0, 0.05) is 13.1 Å². The van der Waals surface area contributed by atoms with E-state index in [9.17, 15) is 4.79 Å². The van der Waals surface area contributed by atoms with Gasteiger partial charge in [-0.05, 0) is 19.4 Å². The van der Waals surface area contributed by atoms with Crippen LogP contribution in [0.15, 0.2) is 30.3 Å². The van der Waals surface area contributed by atoms with Gasteiger partial charge in [-0.2, -0.15) is 0 Å². The fourth-order valence-corrected chi connectivity index (χ4v) is 1.50. The Morgan fingerprint density at radius 3 is 2.38 bits per heavy atom. The number of likely N-dealkylation sites (N-methyl/N-ethyl adjacent to an activating group) is 1. The van der Waals surface area contributed by atoms with Crippen LogP contribution in [0, 0.1) is 0 Å².